The van der Waals surface area contributed by atoms with E-state index in [0.717, 1.165) is 17.0 Å². The molecule has 0 saturated carbocycles. The average molecular weight is 515 g/mol. The topological polar surface area (TPSA) is 177 Å². The van der Waals surface area contributed by atoms with Crippen molar-refractivity contribution < 1.29 is 29.0 Å². The van der Waals surface area contributed by atoms with Gasteiger partial charge >= 0.3 is 0 Å². The number of nitrogens with zero attached hydrogens (tertiary/aromatic N) is 5. The van der Waals surface area contributed by atoms with Gasteiger partial charge in [0.15, 0.2) is 5.78 Å². The summed E-state index contributed by atoms with van der Waals surface area (Å²) >= 11 is 0. The molecule has 2 aromatic carbocycles. The molecule has 3 aliphatic heterocycles. The Hall–Kier alpha value is -5.38. The Bertz CT molecular complexity index is 1540. The minimum atomic E-state index is -1.23. The highest BCUT2D eigenvalue weighted by molar-refractivity contribution is 6.25. The van der Waals surface area contributed by atoms with E-state index in [1.807, 2.05) is 6.07 Å². The van der Waals surface area contributed by atoms with E-state index in [0.29, 0.717) is 0 Å². The zero-order chi connectivity index (χ0) is 27.3. The van der Waals surface area contributed by atoms with E-state index >= 15 is 0 Å². The van der Waals surface area contributed by atoms with Crippen LogP contribution in [-0.2, 0) is 9.59 Å². The Kier molecular flexibility index (Phi) is 5.71. The molecule has 190 valence electrons. The van der Waals surface area contributed by atoms with Gasteiger partial charge in [-0.15, -0.1) is 0 Å². The smallest absolute Gasteiger partial charge is 0.271 e. The summed E-state index contributed by atoms with van der Waals surface area (Å²) in [5.41, 5.74) is -0.648. The molecule has 0 aromatic heterocycles. The molecule has 38 heavy (non-hydrogen) atoms. The van der Waals surface area contributed by atoms with E-state index in [1.165, 1.54) is 60.7 Å². The van der Waals surface area contributed by atoms with Crippen molar-refractivity contribution in [1.82, 2.24) is 4.90 Å². The fourth-order valence-corrected chi connectivity index (χ4v) is 5.27. The lowest BCUT2D eigenvalue weighted by Crippen LogP contribution is -2.46. The molecule has 2 amide bonds. The summed E-state index contributed by atoms with van der Waals surface area (Å²) in [5, 5.41) is 32.1. The molecule has 0 unspecified atom stereocenters. The van der Waals surface area contributed by atoms with E-state index < -0.39 is 51.4 Å². The third-order valence-electron chi connectivity index (χ3n) is 6.90. The molecule has 4 atom stereocenters. The van der Waals surface area contributed by atoms with E-state index in [4.69, 9.17) is 4.74 Å². The highest BCUT2D eigenvalue weighted by atomic mass is 16.6. The van der Waals surface area contributed by atoms with Gasteiger partial charge in [-0.2, -0.15) is 5.26 Å². The van der Waals surface area contributed by atoms with Crippen LogP contribution in [0.1, 0.15) is 10.4 Å². The monoisotopic (exact) mass is 515 g/mol. The average Bonchev–Trinajstić information content (AvgIpc) is 3.39. The van der Waals surface area contributed by atoms with E-state index in [1.54, 1.807) is 0 Å². The van der Waals surface area contributed by atoms with Crippen LogP contribution in [-0.4, -0.2) is 51.5 Å². The number of Topliss-reactive ketones (excluding diaryl/α,β-unsaturated/α-hetero) is 1. The first-order valence-corrected chi connectivity index (χ1v) is 11.2. The van der Waals surface area contributed by atoms with Crippen molar-refractivity contribution in [1.29, 1.82) is 5.26 Å². The van der Waals surface area contributed by atoms with Gasteiger partial charge in [0.2, 0.25) is 11.8 Å². The fraction of sp³-hybridized carbons (Fsp3) is 0.200. The van der Waals surface area contributed by atoms with E-state index in [2.05, 4.69) is 0 Å². The number of carbonyl (C=O) groups excluding carboxylic acids is 3. The molecule has 13 nitrogen and oxygen atoms in total. The number of hydrogen-bond donors (Lipinski definition) is 0. The first-order chi connectivity index (χ1) is 18.2. The number of rotatable bonds is 6. The lowest BCUT2D eigenvalue weighted by molar-refractivity contribution is -0.385. The van der Waals surface area contributed by atoms with Crippen LogP contribution in [0.2, 0.25) is 0 Å². The van der Waals surface area contributed by atoms with Crippen molar-refractivity contribution in [2.45, 2.75) is 12.1 Å². The lowest BCUT2D eigenvalue weighted by atomic mass is 9.86. The van der Waals surface area contributed by atoms with Crippen LogP contribution in [0, 0.1) is 43.4 Å². The number of allylic oxidation sites excluding steroid dienone is 2. The summed E-state index contributed by atoms with van der Waals surface area (Å²) in [7, 11) is 1.28. The van der Waals surface area contributed by atoms with Crippen LogP contribution in [0.5, 0.6) is 5.75 Å². The quantitative estimate of drug-likeness (QED) is 0.240. The number of ketones is 1. The number of nitro benzene ring substituents is 2. The Morgan fingerprint density at radius 1 is 1.03 bits per heavy atom. The molecule has 0 N–H and O–H groups in total. The molecule has 5 rings (SSSR count). The third kappa shape index (κ3) is 3.58. The number of amides is 2. The Labute approximate surface area is 214 Å². The molecule has 3 heterocycles. The number of methoxy groups -OCH3 is 1. The maximum Gasteiger partial charge on any atom is 0.271 e. The fourth-order valence-electron chi connectivity index (χ4n) is 5.27. The van der Waals surface area contributed by atoms with Gasteiger partial charge in [-0.1, -0.05) is 12.1 Å². The van der Waals surface area contributed by atoms with Crippen LogP contribution in [0.3, 0.4) is 0 Å². The molecule has 0 aliphatic carbocycles. The maximum absolute atomic E-state index is 13.8. The van der Waals surface area contributed by atoms with Gasteiger partial charge in [0.05, 0.1) is 46.5 Å². The Morgan fingerprint density at radius 3 is 2.37 bits per heavy atom. The highest BCUT2D eigenvalue weighted by Gasteiger charge is 2.64. The molecule has 13 heteroatoms. The van der Waals surface area contributed by atoms with Crippen molar-refractivity contribution in [2.75, 3.05) is 12.0 Å². The molecule has 0 radical (unpaired) electrons. The highest BCUT2D eigenvalue weighted by Crippen LogP contribution is 2.48. The summed E-state index contributed by atoms with van der Waals surface area (Å²) in [6, 6.07) is 8.41. The number of ether oxygens (including phenoxy) is 1. The van der Waals surface area contributed by atoms with E-state index in [9.17, 15) is 39.9 Å². The van der Waals surface area contributed by atoms with E-state index in [-0.39, 0.29) is 33.9 Å². The van der Waals surface area contributed by atoms with Crippen LogP contribution in [0.4, 0.5) is 17.1 Å². The SMILES string of the molecule is COc1ccc([N+](=O)[O-])cc1N1C(=O)[C@@H]2[C@H](C1=O)[C@@H](C(=O)c1cccc([N+](=O)[O-])c1)N1C=CC(C#N)=C[C@@H]21. The summed E-state index contributed by atoms with van der Waals surface area (Å²) in [6.45, 7) is 0. The van der Waals surface area contributed by atoms with Crippen LogP contribution in [0.25, 0.3) is 0 Å². The number of fused-ring (bicyclic) bond motifs is 3. The maximum atomic E-state index is 13.8. The summed E-state index contributed by atoms with van der Waals surface area (Å²) in [5.74, 6) is -4.43. The molecule has 0 bridgehead atoms. The molecular formula is C25H17N5O8. The summed E-state index contributed by atoms with van der Waals surface area (Å²) in [4.78, 5) is 65.0. The second-order valence-electron chi connectivity index (χ2n) is 8.78. The van der Waals surface area contributed by atoms with Crippen molar-refractivity contribution in [3.8, 4) is 11.8 Å². The number of anilines is 1. The number of imide groups is 1. The van der Waals surface area contributed by atoms with Gasteiger partial charge in [-0.05, 0) is 18.2 Å². The van der Waals surface area contributed by atoms with Gasteiger partial charge in [0.1, 0.15) is 17.5 Å². The van der Waals surface area contributed by atoms with Gasteiger partial charge in [-0.3, -0.25) is 34.6 Å². The molecule has 2 fully saturated rings. The molecule has 2 saturated heterocycles. The zero-order valence-electron chi connectivity index (χ0n) is 19.6. The normalized spacial score (nSPS) is 23.4. The minimum absolute atomic E-state index is 0.0290. The predicted molar refractivity (Wildman–Crippen MR) is 129 cm³/mol. The van der Waals surface area contributed by atoms with Gasteiger partial charge < -0.3 is 9.64 Å². The number of carbonyl (C=O) groups is 3. The predicted octanol–water partition coefficient (Wildman–Crippen LogP) is 2.53. The third-order valence-corrected chi connectivity index (χ3v) is 6.90. The second-order valence-corrected chi connectivity index (χ2v) is 8.78. The first-order valence-electron chi connectivity index (χ1n) is 11.2. The Balaban J connectivity index is 1.64. The van der Waals surface area contributed by atoms with Crippen molar-refractivity contribution in [2.24, 2.45) is 11.8 Å². The number of hydrogen-bond acceptors (Lipinski definition) is 10. The lowest BCUT2D eigenvalue weighted by Gasteiger charge is -2.32. The zero-order valence-corrected chi connectivity index (χ0v) is 19.6. The number of benzene rings is 2. The standard InChI is InChI=1S/C25H17N5O8/c1-38-19-6-5-16(30(36)37)11-17(19)28-24(32)20-18-9-13(12-26)7-8-27(18)22(21(20)25(28)33)23(31)14-3-2-4-15(10-14)29(34)35/h2-11,18,20-22H,1H3/t18-,20-,21-,22-/m0/s1. The van der Waals surface area contributed by atoms with Crippen molar-refractivity contribution >= 4 is 34.7 Å². The summed E-state index contributed by atoms with van der Waals surface area (Å²) < 4.78 is 5.26. The molecule has 3 aliphatic rings. The van der Waals surface area contributed by atoms with Crippen LogP contribution in [0.15, 0.2) is 66.4 Å². The van der Waals surface area contributed by atoms with Crippen LogP contribution < -0.4 is 9.64 Å². The van der Waals surface area contributed by atoms with Crippen LogP contribution >= 0.6 is 0 Å². The summed E-state index contributed by atoms with van der Waals surface area (Å²) in [6.07, 6.45) is 4.39. The number of nitro groups is 2. The van der Waals surface area contributed by atoms with Crippen molar-refractivity contribution in [3.63, 3.8) is 0 Å². The van der Waals surface area contributed by atoms with Crippen molar-refractivity contribution in [3.05, 3.63) is 92.2 Å². The molecular weight excluding hydrogens is 498 g/mol. The van der Waals surface area contributed by atoms with Gasteiger partial charge in [0, 0.05) is 36.0 Å². The second kappa shape index (κ2) is 8.93. The number of nitriles is 1. The molecule has 2 aromatic rings. The van der Waals surface area contributed by atoms with Gasteiger partial charge in [0.25, 0.3) is 11.4 Å². The largest absolute Gasteiger partial charge is 0.495 e. The minimum Gasteiger partial charge on any atom is -0.495 e. The first kappa shape index (κ1) is 24.3. The Morgan fingerprint density at radius 2 is 1.71 bits per heavy atom. The van der Waals surface area contributed by atoms with Gasteiger partial charge in [-0.25, -0.2) is 4.90 Å². The molecule has 0 spiro atoms. The number of non-ortho nitro benzene ring substituents is 2.